The van der Waals surface area contributed by atoms with Crippen molar-refractivity contribution < 1.29 is 4.74 Å². The van der Waals surface area contributed by atoms with Gasteiger partial charge in [0.15, 0.2) is 0 Å². The van der Waals surface area contributed by atoms with Crippen molar-refractivity contribution in [2.24, 2.45) is 0 Å². The van der Waals surface area contributed by atoms with Gasteiger partial charge in [-0.15, -0.1) is 6.42 Å². The van der Waals surface area contributed by atoms with Gasteiger partial charge < -0.3 is 9.72 Å². The first-order valence-corrected chi connectivity index (χ1v) is 8.77. The van der Waals surface area contributed by atoms with Crippen LogP contribution in [0.1, 0.15) is 22.9 Å². The predicted octanol–water partition coefficient (Wildman–Crippen LogP) is 4.93. The molecule has 0 saturated carbocycles. The van der Waals surface area contributed by atoms with Crippen molar-refractivity contribution in [2.75, 3.05) is 13.2 Å². The highest BCUT2D eigenvalue weighted by atomic mass is 35.5. The Hall–Kier alpha value is -2.12. The summed E-state index contributed by atoms with van der Waals surface area (Å²) >= 11 is 12.7. The lowest BCUT2D eigenvalue weighted by Gasteiger charge is -2.30. The van der Waals surface area contributed by atoms with Gasteiger partial charge in [-0.2, -0.15) is 0 Å². The van der Waals surface area contributed by atoms with E-state index < -0.39 is 0 Å². The normalized spacial score (nSPS) is 17.2. The Balaban J connectivity index is 1.75. The van der Waals surface area contributed by atoms with Crippen molar-refractivity contribution in [3.63, 3.8) is 0 Å². The van der Waals surface area contributed by atoms with Gasteiger partial charge in [-0.1, -0.05) is 29.7 Å². The number of nitrogens with zero attached hydrogens (tertiary/aromatic N) is 1. The van der Waals surface area contributed by atoms with Crippen LogP contribution >= 0.6 is 23.4 Å². The maximum Gasteiger partial charge on any atom is 0.148 e. The highest BCUT2D eigenvalue weighted by molar-refractivity contribution is 6.31. The first-order chi connectivity index (χ1) is 12.2. The van der Waals surface area contributed by atoms with E-state index in [0.717, 1.165) is 40.5 Å². The molecule has 1 aliphatic rings. The molecule has 1 aromatic heterocycles. The summed E-state index contributed by atoms with van der Waals surface area (Å²) in [5, 5.41) is 1.92. The van der Waals surface area contributed by atoms with Gasteiger partial charge in [0.05, 0.1) is 6.04 Å². The first-order valence-electron chi connectivity index (χ1n) is 8.06. The van der Waals surface area contributed by atoms with Crippen molar-refractivity contribution >= 4 is 34.3 Å². The molecule has 2 heterocycles. The van der Waals surface area contributed by atoms with Crippen LogP contribution in [0.4, 0.5) is 0 Å². The fourth-order valence-electron chi connectivity index (χ4n) is 3.43. The molecule has 5 heteroatoms. The molecule has 0 spiro atoms. The molecule has 0 aliphatic carbocycles. The van der Waals surface area contributed by atoms with E-state index in [2.05, 4.69) is 10.9 Å². The molecule has 1 atom stereocenters. The molecule has 1 unspecified atom stereocenters. The fourth-order valence-corrected chi connectivity index (χ4v) is 3.90. The standard InChI is InChI=1S/C20H16Cl2N2O/c1-2-11-25-15-6-3-13(4-7-15)20-19-16(9-10-24(20)22)17-12-14(21)5-8-18(17)23-19/h1,3-8,12,20,23H,9-11H2. The number of hydrogen-bond acceptors (Lipinski definition) is 2. The molecule has 0 amide bonds. The average molecular weight is 371 g/mol. The maximum atomic E-state index is 6.56. The number of aromatic amines is 1. The highest BCUT2D eigenvalue weighted by Crippen LogP contribution is 2.40. The van der Waals surface area contributed by atoms with E-state index in [1.54, 1.807) is 0 Å². The monoisotopic (exact) mass is 370 g/mol. The average Bonchev–Trinajstić information content (AvgIpc) is 2.98. The van der Waals surface area contributed by atoms with Crippen LogP contribution in [0.3, 0.4) is 0 Å². The van der Waals surface area contributed by atoms with E-state index in [9.17, 15) is 0 Å². The van der Waals surface area contributed by atoms with Crippen molar-refractivity contribution in [1.82, 2.24) is 9.40 Å². The van der Waals surface area contributed by atoms with Gasteiger partial charge in [-0.3, -0.25) is 0 Å². The van der Waals surface area contributed by atoms with Crippen molar-refractivity contribution in [3.8, 4) is 18.1 Å². The number of fused-ring (bicyclic) bond motifs is 3. The Bertz CT molecular complexity index is 956. The van der Waals surface area contributed by atoms with Gasteiger partial charge in [0.25, 0.3) is 0 Å². The zero-order valence-electron chi connectivity index (χ0n) is 13.4. The fraction of sp³-hybridized carbons (Fsp3) is 0.200. The number of rotatable bonds is 3. The van der Waals surface area contributed by atoms with Crippen LogP contribution in [0.5, 0.6) is 5.75 Å². The molecule has 0 bridgehead atoms. The van der Waals surface area contributed by atoms with E-state index in [-0.39, 0.29) is 12.6 Å². The number of benzene rings is 2. The molecular weight excluding hydrogens is 355 g/mol. The van der Waals surface area contributed by atoms with Crippen LogP contribution in [0.25, 0.3) is 10.9 Å². The van der Waals surface area contributed by atoms with E-state index in [0.29, 0.717) is 0 Å². The number of aromatic nitrogens is 1. The predicted molar refractivity (Wildman–Crippen MR) is 102 cm³/mol. The second kappa shape index (κ2) is 6.65. The first kappa shape index (κ1) is 16.4. The van der Waals surface area contributed by atoms with Crippen LogP contribution < -0.4 is 4.74 Å². The Kier molecular flexibility index (Phi) is 4.35. The summed E-state index contributed by atoms with van der Waals surface area (Å²) in [6, 6.07) is 13.8. The summed E-state index contributed by atoms with van der Waals surface area (Å²) in [5.41, 5.74) is 4.59. The van der Waals surface area contributed by atoms with Gasteiger partial charge in [-0.25, -0.2) is 4.42 Å². The smallest absolute Gasteiger partial charge is 0.148 e. The molecule has 0 fully saturated rings. The minimum absolute atomic E-state index is 0.0433. The molecule has 0 radical (unpaired) electrons. The summed E-state index contributed by atoms with van der Waals surface area (Å²) in [5.74, 6) is 3.22. The summed E-state index contributed by atoms with van der Waals surface area (Å²) in [6.45, 7) is 1.03. The Morgan fingerprint density at radius 1 is 1.24 bits per heavy atom. The molecule has 0 saturated heterocycles. The van der Waals surface area contributed by atoms with Gasteiger partial charge in [0.2, 0.25) is 0 Å². The zero-order valence-corrected chi connectivity index (χ0v) is 14.9. The van der Waals surface area contributed by atoms with Crippen LogP contribution in [0, 0.1) is 12.3 Å². The van der Waals surface area contributed by atoms with Crippen LogP contribution in [-0.2, 0) is 6.42 Å². The molecule has 1 N–H and O–H groups in total. The quantitative estimate of drug-likeness (QED) is 0.522. The minimum atomic E-state index is -0.0433. The third-order valence-corrected chi connectivity index (χ3v) is 5.15. The lowest BCUT2D eigenvalue weighted by atomic mass is 9.94. The van der Waals surface area contributed by atoms with Crippen LogP contribution in [0.15, 0.2) is 42.5 Å². The molecule has 4 rings (SSSR count). The minimum Gasteiger partial charge on any atom is -0.481 e. The SMILES string of the molecule is C#CCOc1ccc(C2c3[nH]c4ccc(Cl)cc4c3CCN2Cl)cc1. The van der Waals surface area contributed by atoms with Gasteiger partial charge in [0.1, 0.15) is 12.4 Å². The Morgan fingerprint density at radius 2 is 2.04 bits per heavy atom. The van der Waals surface area contributed by atoms with Crippen molar-refractivity contribution in [2.45, 2.75) is 12.5 Å². The number of ether oxygens (including phenoxy) is 1. The molecule has 1 aliphatic heterocycles. The third-order valence-electron chi connectivity index (χ3n) is 4.55. The topological polar surface area (TPSA) is 28.3 Å². The molecule has 2 aromatic carbocycles. The molecule has 3 nitrogen and oxygen atoms in total. The van der Waals surface area contributed by atoms with Crippen molar-refractivity contribution in [1.29, 1.82) is 0 Å². The number of terminal acetylenes is 1. The largest absolute Gasteiger partial charge is 0.481 e. The van der Waals surface area contributed by atoms with Gasteiger partial charge in [-0.05, 0) is 59.7 Å². The van der Waals surface area contributed by atoms with Gasteiger partial charge in [0, 0.05) is 28.2 Å². The zero-order chi connectivity index (χ0) is 17.4. The Labute approximate surface area is 156 Å². The third kappa shape index (κ3) is 2.98. The number of H-pyrrole nitrogens is 1. The van der Waals surface area contributed by atoms with Crippen molar-refractivity contribution in [3.05, 3.63) is 64.3 Å². The summed E-state index contributed by atoms with van der Waals surface area (Å²) in [6.07, 6.45) is 6.12. The molecule has 25 heavy (non-hydrogen) atoms. The number of hydrogen-bond donors (Lipinski definition) is 1. The Morgan fingerprint density at radius 3 is 2.80 bits per heavy atom. The van der Waals surface area contributed by atoms with E-state index >= 15 is 0 Å². The van der Waals surface area contributed by atoms with E-state index in [1.807, 2.05) is 46.9 Å². The van der Waals surface area contributed by atoms with Crippen LogP contribution in [0.2, 0.25) is 5.02 Å². The lowest BCUT2D eigenvalue weighted by Crippen LogP contribution is -2.28. The number of halogens is 2. The molecule has 3 aromatic rings. The van der Waals surface area contributed by atoms with Crippen LogP contribution in [-0.4, -0.2) is 22.6 Å². The second-order valence-electron chi connectivity index (χ2n) is 6.04. The molecular formula is C20H16Cl2N2O. The highest BCUT2D eigenvalue weighted by Gasteiger charge is 2.30. The number of nitrogens with one attached hydrogen (secondary N) is 1. The second-order valence-corrected chi connectivity index (χ2v) is 6.92. The van der Waals surface area contributed by atoms with E-state index in [4.69, 9.17) is 34.5 Å². The maximum absolute atomic E-state index is 6.56. The summed E-state index contributed by atoms with van der Waals surface area (Å²) < 4.78 is 7.29. The summed E-state index contributed by atoms with van der Waals surface area (Å²) in [4.78, 5) is 3.53. The van der Waals surface area contributed by atoms with Gasteiger partial charge >= 0.3 is 0 Å². The molecule has 126 valence electrons. The summed E-state index contributed by atoms with van der Waals surface area (Å²) in [7, 11) is 0. The lowest BCUT2D eigenvalue weighted by molar-refractivity contribution is 0.361. The van der Waals surface area contributed by atoms with E-state index in [1.165, 1.54) is 10.9 Å².